The highest BCUT2D eigenvalue weighted by Gasteiger charge is 2.29. The first-order valence-electron chi connectivity index (χ1n) is 9.43. The zero-order chi connectivity index (χ0) is 16.4. The maximum atomic E-state index is 4.94. The summed E-state index contributed by atoms with van der Waals surface area (Å²) < 4.78 is 2.06. The lowest BCUT2D eigenvalue weighted by Gasteiger charge is -2.36. The summed E-state index contributed by atoms with van der Waals surface area (Å²) in [5.74, 6) is 2.46. The number of imidazole rings is 1. The Morgan fingerprint density at radius 3 is 2.83 bits per heavy atom. The molecule has 0 amide bonds. The summed E-state index contributed by atoms with van der Waals surface area (Å²) in [6.07, 6.45) is 16.6. The Morgan fingerprint density at radius 2 is 2.00 bits per heavy atom. The Bertz CT molecular complexity index is 674. The third-order valence-corrected chi connectivity index (χ3v) is 5.63. The molecule has 4 rings (SSSR count). The van der Waals surface area contributed by atoms with Gasteiger partial charge >= 0.3 is 0 Å². The third-order valence-electron chi connectivity index (χ3n) is 5.63. The highest BCUT2D eigenvalue weighted by molar-refractivity contribution is 5.24. The van der Waals surface area contributed by atoms with E-state index >= 15 is 0 Å². The quantitative estimate of drug-likeness (QED) is 0.865. The van der Waals surface area contributed by atoms with E-state index in [9.17, 15) is 0 Å². The molecule has 1 saturated heterocycles. The lowest BCUT2D eigenvalue weighted by atomic mass is 9.93. The van der Waals surface area contributed by atoms with Crippen molar-refractivity contribution < 1.29 is 0 Å². The van der Waals surface area contributed by atoms with Crippen molar-refractivity contribution in [2.45, 2.75) is 63.8 Å². The van der Waals surface area contributed by atoms with E-state index in [0.717, 1.165) is 36.3 Å². The van der Waals surface area contributed by atoms with Crippen LogP contribution in [-0.2, 0) is 6.42 Å². The average molecular weight is 325 g/mol. The number of piperidine rings is 1. The first-order chi connectivity index (χ1) is 11.8. The SMILES string of the molecule is CCc1nccn1-c1cncc([C@H]2CCCN(C3CCCC3)C2)n1. The lowest BCUT2D eigenvalue weighted by molar-refractivity contribution is 0.149. The average Bonchev–Trinajstić information content (AvgIpc) is 3.33. The van der Waals surface area contributed by atoms with Crippen molar-refractivity contribution in [3.8, 4) is 5.82 Å². The Labute approximate surface area is 144 Å². The molecule has 24 heavy (non-hydrogen) atoms. The molecule has 0 radical (unpaired) electrons. The minimum absolute atomic E-state index is 0.514. The Kier molecular flexibility index (Phi) is 4.60. The Balaban J connectivity index is 1.54. The predicted molar refractivity (Wildman–Crippen MR) is 94.3 cm³/mol. The van der Waals surface area contributed by atoms with Gasteiger partial charge < -0.3 is 0 Å². The molecule has 0 aromatic carbocycles. The molecule has 3 heterocycles. The van der Waals surface area contributed by atoms with E-state index in [4.69, 9.17) is 4.98 Å². The number of likely N-dealkylation sites (tertiary alicyclic amines) is 1. The summed E-state index contributed by atoms with van der Waals surface area (Å²) in [5.41, 5.74) is 1.14. The second-order valence-corrected chi connectivity index (χ2v) is 7.14. The number of aromatic nitrogens is 4. The number of nitrogens with zero attached hydrogens (tertiary/aromatic N) is 5. The molecule has 2 fully saturated rings. The van der Waals surface area contributed by atoms with Crippen LogP contribution in [-0.4, -0.2) is 43.6 Å². The molecule has 5 nitrogen and oxygen atoms in total. The molecule has 0 N–H and O–H groups in total. The summed E-state index contributed by atoms with van der Waals surface area (Å²) in [6, 6.07) is 0.810. The summed E-state index contributed by atoms with van der Waals surface area (Å²) in [6.45, 7) is 4.53. The topological polar surface area (TPSA) is 46.8 Å². The second kappa shape index (κ2) is 7.01. The van der Waals surface area contributed by atoms with Crippen LogP contribution >= 0.6 is 0 Å². The predicted octanol–water partition coefficient (Wildman–Crippen LogP) is 3.35. The molecule has 2 aromatic heterocycles. The van der Waals surface area contributed by atoms with Gasteiger partial charge in [-0.1, -0.05) is 19.8 Å². The molecular weight excluding hydrogens is 298 g/mol. The highest BCUT2D eigenvalue weighted by Crippen LogP contribution is 2.31. The van der Waals surface area contributed by atoms with Crippen molar-refractivity contribution in [3.63, 3.8) is 0 Å². The van der Waals surface area contributed by atoms with Gasteiger partial charge in [0.15, 0.2) is 5.82 Å². The Morgan fingerprint density at radius 1 is 1.12 bits per heavy atom. The second-order valence-electron chi connectivity index (χ2n) is 7.14. The van der Waals surface area contributed by atoms with Crippen LogP contribution in [0.5, 0.6) is 0 Å². The first-order valence-corrected chi connectivity index (χ1v) is 9.43. The molecule has 0 spiro atoms. The van der Waals surface area contributed by atoms with Crippen LogP contribution in [0.4, 0.5) is 0 Å². The molecule has 1 aliphatic heterocycles. The van der Waals surface area contributed by atoms with Crippen LogP contribution in [0.1, 0.15) is 62.9 Å². The van der Waals surface area contributed by atoms with Crippen LogP contribution in [0, 0.1) is 0 Å². The minimum Gasteiger partial charge on any atom is -0.300 e. The fraction of sp³-hybridized carbons (Fsp3) is 0.632. The zero-order valence-electron chi connectivity index (χ0n) is 14.6. The van der Waals surface area contributed by atoms with Crippen molar-refractivity contribution in [1.82, 2.24) is 24.4 Å². The fourth-order valence-corrected chi connectivity index (χ4v) is 4.34. The first kappa shape index (κ1) is 15.8. The smallest absolute Gasteiger partial charge is 0.156 e. The van der Waals surface area contributed by atoms with Gasteiger partial charge in [-0.3, -0.25) is 14.5 Å². The lowest BCUT2D eigenvalue weighted by Crippen LogP contribution is -2.40. The summed E-state index contributed by atoms with van der Waals surface area (Å²) in [7, 11) is 0. The molecule has 1 atom stereocenters. The maximum Gasteiger partial charge on any atom is 0.156 e. The van der Waals surface area contributed by atoms with E-state index in [1.807, 2.05) is 24.8 Å². The molecule has 5 heteroatoms. The summed E-state index contributed by atoms with van der Waals surface area (Å²) >= 11 is 0. The van der Waals surface area contributed by atoms with Crippen LogP contribution in [0.3, 0.4) is 0 Å². The zero-order valence-corrected chi connectivity index (χ0v) is 14.6. The number of rotatable bonds is 4. The Hall–Kier alpha value is -1.75. The van der Waals surface area contributed by atoms with Crippen LogP contribution in [0.2, 0.25) is 0 Å². The van der Waals surface area contributed by atoms with Gasteiger partial charge in [0, 0.05) is 43.5 Å². The number of aryl methyl sites for hydroxylation is 1. The molecule has 0 unspecified atom stereocenters. The monoisotopic (exact) mass is 325 g/mol. The van der Waals surface area contributed by atoms with E-state index < -0.39 is 0 Å². The van der Waals surface area contributed by atoms with Crippen molar-refractivity contribution in [3.05, 3.63) is 36.3 Å². The van der Waals surface area contributed by atoms with Gasteiger partial charge in [0.25, 0.3) is 0 Å². The molecule has 0 bridgehead atoms. The van der Waals surface area contributed by atoms with Gasteiger partial charge in [-0.2, -0.15) is 0 Å². The standard InChI is InChI=1S/C19H27N5/c1-2-18-21-9-11-24(18)19-13-20-12-17(22-19)15-6-5-10-23(14-15)16-7-3-4-8-16/h9,11-13,15-16H,2-8,10,14H2,1H3/t15-/m0/s1. The number of hydrogen-bond donors (Lipinski definition) is 0. The van der Waals surface area contributed by atoms with E-state index in [0.29, 0.717) is 5.92 Å². The van der Waals surface area contributed by atoms with E-state index in [-0.39, 0.29) is 0 Å². The van der Waals surface area contributed by atoms with Gasteiger partial charge in [0.05, 0.1) is 11.9 Å². The molecule has 1 aliphatic carbocycles. The van der Waals surface area contributed by atoms with E-state index in [2.05, 4.69) is 26.4 Å². The highest BCUT2D eigenvalue weighted by atomic mass is 15.2. The largest absolute Gasteiger partial charge is 0.300 e. The van der Waals surface area contributed by atoms with Crippen molar-refractivity contribution in [2.24, 2.45) is 0 Å². The van der Waals surface area contributed by atoms with Crippen molar-refractivity contribution in [1.29, 1.82) is 0 Å². The minimum atomic E-state index is 0.514. The van der Waals surface area contributed by atoms with Gasteiger partial charge in [-0.15, -0.1) is 0 Å². The summed E-state index contributed by atoms with van der Waals surface area (Å²) in [5, 5.41) is 0. The normalized spacial score (nSPS) is 23.0. The number of hydrogen-bond acceptors (Lipinski definition) is 4. The van der Waals surface area contributed by atoms with Crippen molar-refractivity contribution in [2.75, 3.05) is 13.1 Å². The van der Waals surface area contributed by atoms with Crippen molar-refractivity contribution >= 4 is 0 Å². The maximum absolute atomic E-state index is 4.94. The molecule has 2 aromatic rings. The molecule has 2 aliphatic rings. The van der Waals surface area contributed by atoms with E-state index in [1.54, 1.807) is 0 Å². The van der Waals surface area contributed by atoms with Crippen LogP contribution in [0.25, 0.3) is 5.82 Å². The third kappa shape index (κ3) is 3.09. The van der Waals surface area contributed by atoms with Crippen LogP contribution < -0.4 is 0 Å². The van der Waals surface area contributed by atoms with Gasteiger partial charge in [0.2, 0.25) is 0 Å². The van der Waals surface area contributed by atoms with Gasteiger partial charge in [-0.05, 0) is 32.2 Å². The van der Waals surface area contributed by atoms with Crippen LogP contribution in [0.15, 0.2) is 24.8 Å². The van der Waals surface area contributed by atoms with Gasteiger partial charge in [0.1, 0.15) is 5.82 Å². The summed E-state index contributed by atoms with van der Waals surface area (Å²) in [4.78, 5) is 16.5. The molecule has 128 valence electrons. The molecular formula is C19H27N5. The molecule has 1 saturated carbocycles. The fourth-order valence-electron chi connectivity index (χ4n) is 4.34. The van der Waals surface area contributed by atoms with Gasteiger partial charge in [-0.25, -0.2) is 9.97 Å². The van der Waals surface area contributed by atoms with E-state index in [1.165, 1.54) is 45.1 Å².